The van der Waals surface area contributed by atoms with Crippen LogP contribution < -0.4 is 0 Å². The Bertz CT molecular complexity index is 278. The number of carbonyl (C=O) groups excluding carboxylic acids is 1. The van der Waals surface area contributed by atoms with E-state index in [9.17, 15) is 4.79 Å². The van der Waals surface area contributed by atoms with Gasteiger partial charge in [0.15, 0.2) is 0 Å². The largest absolute Gasteiger partial charge is 0.445 e. The van der Waals surface area contributed by atoms with Crippen molar-refractivity contribution in [1.82, 2.24) is 4.90 Å². The summed E-state index contributed by atoms with van der Waals surface area (Å²) in [6, 6.07) is 0.306. The molecular weight excluding hydrogens is 294 g/mol. The molecule has 0 heterocycles. The lowest BCUT2D eigenvalue weighted by Crippen LogP contribution is -2.42. The molecule has 3 nitrogen and oxygen atoms in total. The topological polar surface area (TPSA) is 29.5 Å². The summed E-state index contributed by atoms with van der Waals surface area (Å²) in [5.41, 5.74) is 0.0855. The average Bonchev–Trinajstić information content (AvgIpc) is 2.23. The molecule has 0 radical (unpaired) electrons. The van der Waals surface area contributed by atoms with Crippen LogP contribution in [0.25, 0.3) is 0 Å². The van der Waals surface area contributed by atoms with Crippen LogP contribution in [0.2, 0.25) is 0 Å². The van der Waals surface area contributed by atoms with E-state index in [0.717, 1.165) is 5.33 Å². The van der Waals surface area contributed by atoms with Gasteiger partial charge in [0, 0.05) is 17.4 Å². The second-order valence-corrected chi connectivity index (χ2v) is 6.26. The third-order valence-corrected chi connectivity index (χ3v) is 3.99. The summed E-state index contributed by atoms with van der Waals surface area (Å²) in [7, 11) is 0. The minimum absolute atomic E-state index is 0.0855. The molecule has 0 bridgehead atoms. The van der Waals surface area contributed by atoms with Gasteiger partial charge < -0.3 is 9.64 Å². The quantitative estimate of drug-likeness (QED) is 0.542. The van der Waals surface area contributed by atoms with Crippen LogP contribution in [0, 0.1) is 5.41 Å². The van der Waals surface area contributed by atoms with E-state index in [-0.39, 0.29) is 23.6 Å². The maximum Gasteiger partial charge on any atom is 0.410 e. The molecule has 0 aliphatic heterocycles. The van der Waals surface area contributed by atoms with Crippen LogP contribution in [0.1, 0.15) is 41.5 Å². The molecule has 0 aliphatic rings. The van der Waals surface area contributed by atoms with Crippen molar-refractivity contribution in [3.8, 4) is 0 Å². The summed E-state index contributed by atoms with van der Waals surface area (Å²) in [6.07, 6.45) is 3.71. The molecule has 1 amide bonds. The van der Waals surface area contributed by atoms with E-state index in [1.165, 1.54) is 0 Å². The SMILES string of the molecule is CC(C)N(C(=O)OC/C=C/C(C)(C)CBr)C(C)C. The van der Waals surface area contributed by atoms with Crippen LogP contribution in [-0.4, -0.2) is 35.0 Å². The van der Waals surface area contributed by atoms with Crippen LogP contribution in [0.4, 0.5) is 4.79 Å². The van der Waals surface area contributed by atoms with E-state index in [4.69, 9.17) is 4.74 Å². The van der Waals surface area contributed by atoms with E-state index in [0.29, 0.717) is 6.61 Å². The van der Waals surface area contributed by atoms with Gasteiger partial charge >= 0.3 is 6.09 Å². The second-order valence-electron chi connectivity index (χ2n) is 5.70. The number of nitrogens with zero attached hydrogens (tertiary/aromatic N) is 1. The van der Waals surface area contributed by atoms with E-state index in [1.54, 1.807) is 4.90 Å². The summed E-state index contributed by atoms with van der Waals surface area (Å²) in [5, 5.41) is 0.883. The zero-order chi connectivity index (χ0) is 14.3. The standard InChI is InChI=1S/C14H26BrNO2/c1-11(2)16(12(3)4)13(17)18-9-7-8-14(5,6)10-15/h7-8,11-12H,9-10H2,1-6H3/b8-7+. The molecule has 0 atom stereocenters. The molecule has 0 aromatic rings. The molecule has 0 aromatic carbocycles. The minimum Gasteiger partial charge on any atom is -0.445 e. The number of ether oxygens (including phenoxy) is 1. The molecular formula is C14H26BrNO2. The Hall–Kier alpha value is -0.510. The summed E-state index contributed by atoms with van der Waals surface area (Å²) >= 11 is 3.45. The van der Waals surface area contributed by atoms with Crippen molar-refractivity contribution >= 4 is 22.0 Å². The number of amides is 1. The van der Waals surface area contributed by atoms with Crippen molar-refractivity contribution < 1.29 is 9.53 Å². The zero-order valence-corrected chi connectivity index (χ0v) is 14.0. The lowest BCUT2D eigenvalue weighted by molar-refractivity contribution is 0.0874. The number of alkyl halides is 1. The van der Waals surface area contributed by atoms with E-state index < -0.39 is 0 Å². The highest BCUT2D eigenvalue weighted by atomic mass is 79.9. The maximum absolute atomic E-state index is 11.9. The third kappa shape index (κ3) is 6.43. The summed E-state index contributed by atoms with van der Waals surface area (Å²) in [5.74, 6) is 0. The van der Waals surface area contributed by atoms with Crippen molar-refractivity contribution in [2.24, 2.45) is 5.41 Å². The Morgan fingerprint density at radius 3 is 2.17 bits per heavy atom. The predicted molar refractivity (Wildman–Crippen MR) is 80.2 cm³/mol. The molecule has 0 saturated heterocycles. The van der Waals surface area contributed by atoms with Gasteiger partial charge in [-0.3, -0.25) is 0 Å². The molecule has 0 saturated carbocycles. The number of allylic oxidation sites excluding steroid dienone is 1. The zero-order valence-electron chi connectivity index (χ0n) is 12.4. The van der Waals surface area contributed by atoms with Gasteiger partial charge in [-0.25, -0.2) is 4.79 Å². The van der Waals surface area contributed by atoms with Gasteiger partial charge in [0.1, 0.15) is 6.61 Å². The highest BCUT2D eigenvalue weighted by Crippen LogP contribution is 2.19. The van der Waals surface area contributed by atoms with Crippen molar-refractivity contribution in [2.45, 2.75) is 53.6 Å². The third-order valence-electron chi connectivity index (χ3n) is 2.54. The molecule has 0 unspecified atom stereocenters. The molecule has 0 spiro atoms. The van der Waals surface area contributed by atoms with Crippen molar-refractivity contribution in [1.29, 1.82) is 0 Å². The fourth-order valence-corrected chi connectivity index (χ4v) is 1.81. The Balaban J connectivity index is 4.26. The summed E-state index contributed by atoms with van der Waals surface area (Å²) in [6.45, 7) is 12.5. The lowest BCUT2D eigenvalue weighted by Gasteiger charge is -2.29. The van der Waals surface area contributed by atoms with Gasteiger partial charge in [-0.1, -0.05) is 41.9 Å². The maximum atomic E-state index is 11.9. The van der Waals surface area contributed by atoms with Crippen molar-refractivity contribution in [3.63, 3.8) is 0 Å². The van der Waals surface area contributed by atoms with Crippen molar-refractivity contribution in [2.75, 3.05) is 11.9 Å². The van der Waals surface area contributed by atoms with Gasteiger partial charge in [-0.2, -0.15) is 0 Å². The Morgan fingerprint density at radius 1 is 1.28 bits per heavy atom. The fraction of sp³-hybridized carbons (Fsp3) is 0.786. The van der Waals surface area contributed by atoms with Gasteiger partial charge in [0.25, 0.3) is 0 Å². The highest BCUT2D eigenvalue weighted by Gasteiger charge is 2.21. The van der Waals surface area contributed by atoms with Gasteiger partial charge in [-0.15, -0.1) is 0 Å². The van der Waals surface area contributed by atoms with Crippen LogP contribution in [0.3, 0.4) is 0 Å². The molecule has 0 fully saturated rings. The van der Waals surface area contributed by atoms with Crippen LogP contribution in [-0.2, 0) is 4.74 Å². The smallest absolute Gasteiger partial charge is 0.410 e. The number of rotatable bonds is 6. The Kier molecular flexibility index (Phi) is 7.60. The first-order valence-electron chi connectivity index (χ1n) is 6.40. The first-order valence-corrected chi connectivity index (χ1v) is 7.52. The molecule has 0 rings (SSSR count). The van der Waals surface area contributed by atoms with E-state index in [2.05, 4.69) is 35.9 Å². The fourth-order valence-electron chi connectivity index (χ4n) is 1.62. The molecule has 0 aliphatic carbocycles. The molecule has 106 valence electrons. The Labute approximate surface area is 120 Å². The first kappa shape index (κ1) is 17.5. The normalized spacial score (nSPS) is 12.5. The molecule has 18 heavy (non-hydrogen) atoms. The highest BCUT2D eigenvalue weighted by molar-refractivity contribution is 9.09. The number of carbonyl (C=O) groups is 1. The van der Waals surface area contributed by atoms with Crippen LogP contribution >= 0.6 is 15.9 Å². The van der Waals surface area contributed by atoms with Crippen molar-refractivity contribution in [3.05, 3.63) is 12.2 Å². The lowest BCUT2D eigenvalue weighted by atomic mass is 9.96. The van der Waals surface area contributed by atoms with E-state index >= 15 is 0 Å². The van der Waals surface area contributed by atoms with Gasteiger partial charge in [-0.05, 0) is 33.1 Å². The molecule has 4 heteroatoms. The number of hydrogen-bond acceptors (Lipinski definition) is 2. The predicted octanol–water partition coefficient (Wildman–Crippen LogP) is 4.22. The molecule has 0 N–H and O–H groups in total. The van der Waals surface area contributed by atoms with E-state index in [1.807, 2.05) is 33.8 Å². The van der Waals surface area contributed by atoms with Gasteiger partial charge in [0.2, 0.25) is 0 Å². The van der Waals surface area contributed by atoms with Gasteiger partial charge in [0.05, 0.1) is 0 Å². The number of hydrogen-bond donors (Lipinski definition) is 0. The second kappa shape index (κ2) is 7.82. The Morgan fingerprint density at radius 2 is 1.78 bits per heavy atom. The summed E-state index contributed by atoms with van der Waals surface area (Å²) in [4.78, 5) is 13.6. The van der Waals surface area contributed by atoms with Crippen LogP contribution in [0.15, 0.2) is 12.2 Å². The first-order chi connectivity index (χ1) is 8.21. The van der Waals surface area contributed by atoms with Crippen LogP contribution in [0.5, 0.6) is 0 Å². The summed E-state index contributed by atoms with van der Waals surface area (Å²) < 4.78 is 5.25. The molecule has 0 aromatic heterocycles. The number of halogens is 1. The monoisotopic (exact) mass is 319 g/mol. The minimum atomic E-state index is -0.249. The average molecular weight is 320 g/mol.